The number of hydrogen-bond donors (Lipinski definition) is 3. The first kappa shape index (κ1) is 12.2. The van der Waals surface area contributed by atoms with Crippen LogP contribution >= 0.6 is 0 Å². The molecular weight excluding hydrogens is 228 g/mol. The molecule has 1 amide bonds. The van der Waals surface area contributed by atoms with Crippen LogP contribution in [0.2, 0.25) is 0 Å². The van der Waals surface area contributed by atoms with Crippen LogP contribution in [0.4, 0.5) is 11.5 Å². The third-order valence-corrected chi connectivity index (χ3v) is 3.02. The molecule has 0 bridgehead atoms. The minimum atomic E-state index is -0.187. The van der Waals surface area contributed by atoms with Crippen molar-refractivity contribution in [2.75, 3.05) is 11.1 Å². The van der Waals surface area contributed by atoms with Gasteiger partial charge >= 0.3 is 0 Å². The quantitative estimate of drug-likeness (QED) is 0.708. The molecule has 5 heteroatoms. The Morgan fingerprint density at radius 2 is 2.06 bits per heavy atom. The number of anilines is 2. The minimum absolute atomic E-state index is 0.187. The Bertz CT molecular complexity index is 601. The number of aromatic nitrogens is 2. The van der Waals surface area contributed by atoms with Crippen molar-refractivity contribution in [1.29, 1.82) is 0 Å². The van der Waals surface area contributed by atoms with Crippen LogP contribution < -0.4 is 11.1 Å². The lowest BCUT2D eigenvalue weighted by molar-refractivity contribution is 0.102. The van der Waals surface area contributed by atoms with Gasteiger partial charge in [0.2, 0.25) is 0 Å². The number of benzene rings is 1. The van der Waals surface area contributed by atoms with E-state index >= 15 is 0 Å². The maximum absolute atomic E-state index is 12.0. The van der Waals surface area contributed by atoms with Crippen LogP contribution in [-0.2, 0) is 0 Å². The van der Waals surface area contributed by atoms with E-state index in [9.17, 15) is 4.79 Å². The van der Waals surface area contributed by atoms with Gasteiger partial charge < -0.3 is 11.1 Å². The molecule has 1 heterocycles. The van der Waals surface area contributed by atoms with E-state index in [4.69, 9.17) is 5.73 Å². The molecule has 2 aromatic rings. The SMILES string of the molecule is Cc1cc(C(=O)Nc2n[nH]c(C)c2C)ccc1N. The normalized spacial score (nSPS) is 10.4. The van der Waals surface area contributed by atoms with Crippen LogP contribution in [0.1, 0.15) is 27.2 Å². The van der Waals surface area contributed by atoms with Crippen LogP contribution in [0.25, 0.3) is 0 Å². The highest BCUT2D eigenvalue weighted by Crippen LogP contribution is 2.17. The first-order chi connectivity index (χ1) is 8.49. The fourth-order valence-electron chi connectivity index (χ4n) is 1.60. The van der Waals surface area contributed by atoms with Crippen molar-refractivity contribution in [2.45, 2.75) is 20.8 Å². The number of aryl methyl sites for hydroxylation is 2. The standard InChI is InChI=1S/C13H16N4O/c1-7-6-10(4-5-11(7)14)13(18)15-12-8(2)9(3)16-17-12/h4-6H,14H2,1-3H3,(H2,15,16,17,18). The molecule has 0 saturated heterocycles. The van der Waals surface area contributed by atoms with Gasteiger partial charge in [0.25, 0.3) is 5.91 Å². The molecule has 0 unspecified atom stereocenters. The molecule has 0 aliphatic carbocycles. The number of nitrogen functional groups attached to an aromatic ring is 1. The number of amides is 1. The fourth-order valence-corrected chi connectivity index (χ4v) is 1.60. The lowest BCUT2D eigenvalue weighted by Crippen LogP contribution is -2.13. The Morgan fingerprint density at radius 3 is 2.61 bits per heavy atom. The Hall–Kier alpha value is -2.30. The summed E-state index contributed by atoms with van der Waals surface area (Å²) >= 11 is 0. The van der Waals surface area contributed by atoms with Gasteiger partial charge in [0.1, 0.15) is 0 Å². The molecule has 0 aliphatic heterocycles. The largest absolute Gasteiger partial charge is 0.399 e. The van der Waals surface area contributed by atoms with Gasteiger partial charge in [-0.05, 0) is 44.5 Å². The predicted octanol–water partition coefficient (Wildman–Crippen LogP) is 2.17. The summed E-state index contributed by atoms with van der Waals surface area (Å²) in [6.07, 6.45) is 0. The number of hydrogen-bond acceptors (Lipinski definition) is 3. The molecule has 0 saturated carbocycles. The zero-order valence-electron chi connectivity index (χ0n) is 10.7. The second-order valence-electron chi connectivity index (χ2n) is 4.35. The molecule has 94 valence electrons. The topological polar surface area (TPSA) is 83.8 Å². The van der Waals surface area contributed by atoms with Gasteiger partial charge in [-0.2, -0.15) is 5.10 Å². The Morgan fingerprint density at radius 1 is 1.33 bits per heavy atom. The molecule has 0 spiro atoms. The van der Waals surface area contributed by atoms with E-state index in [2.05, 4.69) is 15.5 Å². The van der Waals surface area contributed by atoms with Gasteiger partial charge in [-0.15, -0.1) is 0 Å². The molecule has 18 heavy (non-hydrogen) atoms. The number of nitrogens with one attached hydrogen (secondary N) is 2. The highest BCUT2D eigenvalue weighted by Gasteiger charge is 2.11. The van der Waals surface area contributed by atoms with E-state index in [1.165, 1.54) is 0 Å². The summed E-state index contributed by atoms with van der Waals surface area (Å²) in [6.45, 7) is 5.68. The second kappa shape index (κ2) is 4.52. The third-order valence-electron chi connectivity index (χ3n) is 3.02. The van der Waals surface area contributed by atoms with Gasteiger partial charge in [-0.3, -0.25) is 9.89 Å². The van der Waals surface area contributed by atoms with Crippen LogP contribution in [-0.4, -0.2) is 16.1 Å². The number of H-pyrrole nitrogens is 1. The molecule has 0 fully saturated rings. The molecule has 0 atom stereocenters. The van der Waals surface area contributed by atoms with E-state index in [0.717, 1.165) is 16.8 Å². The Kier molecular flexibility index (Phi) is 3.06. The molecule has 1 aromatic carbocycles. The first-order valence-corrected chi connectivity index (χ1v) is 5.68. The van der Waals surface area contributed by atoms with Crippen LogP contribution in [0.3, 0.4) is 0 Å². The monoisotopic (exact) mass is 244 g/mol. The van der Waals surface area contributed by atoms with Crippen LogP contribution in [0, 0.1) is 20.8 Å². The number of carbonyl (C=O) groups is 1. The summed E-state index contributed by atoms with van der Waals surface area (Å²) in [5, 5.41) is 9.64. The van der Waals surface area contributed by atoms with Crippen molar-refractivity contribution in [3.63, 3.8) is 0 Å². The smallest absolute Gasteiger partial charge is 0.256 e. The van der Waals surface area contributed by atoms with Gasteiger partial charge in [0.15, 0.2) is 5.82 Å². The lowest BCUT2D eigenvalue weighted by Gasteiger charge is -2.05. The van der Waals surface area contributed by atoms with E-state index in [1.807, 2.05) is 20.8 Å². The Labute approximate surface area is 105 Å². The molecular formula is C13H16N4O. The van der Waals surface area contributed by atoms with E-state index in [0.29, 0.717) is 17.1 Å². The van der Waals surface area contributed by atoms with Crippen LogP contribution in [0.15, 0.2) is 18.2 Å². The summed E-state index contributed by atoms with van der Waals surface area (Å²) < 4.78 is 0. The summed E-state index contributed by atoms with van der Waals surface area (Å²) in [5.41, 5.74) is 9.74. The van der Waals surface area contributed by atoms with Gasteiger partial charge in [0, 0.05) is 22.5 Å². The van der Waals surface area contributed by atoms with Crippen LogP contribution in [0.5, 0.6) is 0 Å². The number of carbonyl (C=O) groups excluding carboxylic acids is 1. The van der Waals surface area contributed by atoms with Crippen molar-refractivity contribution in [1.82, 2.24) is 10.2 Å². The van der Waals surface area contributed by atoms with Crippen molar-refractivity contribution >= 4 is 17.4 Å². The summed E-state index contributed by atoms with van der Waals surface area (Å²) in [5.74, 6) is 0.375. The highest BCUT2D eigenvalue weighted by molar-refractivity contribution is 6.04. The van der Waals surface area contributed by atoms with Crippen molar-refractivity contribution in [2.24, 2.45) is 0 Å². The average molecular weight is 244 g/mol. The number of nitrogens with two attached hydrogens (primary N) is 1. The number of nitrogens with zero attached hydrogens (tertiary/aromatic N) is 1. The lowest BCUT2D eigenvalue weighted by atomic mass is 10.1. The zero-order valence-corrected chi connectivity index (χ0v) is 10.7. The van der Waals surface area contributed by atoms with E-state index in [-0.39, 0.29) is 5.91 Å². The Balaban J connectivity index is 2.22. The van der Waals surface area contributed by atoms with Crippen molar-refractivity contribution in [3.8, 4) is 0 Å². The van der Waals surface area contributed by atoms with Gasteiger partial charge in [0.05, 0.1) is 0 Å². The highest BCUT2D eigenvalue weighted by atomic mass is 16.1. The fraction of sp³-hybridized carbons (Fsp3) is 0.231. The number of aromatic amines is 1. The summed E-state index contributed by atoms with van der Waals surface area (Å²) in [7, 11) is 0. The summed E-state index contributed by atoms with van der Waals surface area (Å²) in [4.78, 5) is 12.0. The van der Waals surface area contributed by atoms with Crippen molar-refractivity contribution < 1.29 is 4.79 Å². The predicted molar refractivity (Wildman–Crippen MR) is 71.6 cm³/mol. The average Bonchev–Trinajstić information content (AvgIpc) is 2.64. The number of rotatable bonds is 2. The first-order valence-electron chi connectivity index (χ1n) is 5.68. The van der Waals surface area contributed by atoms with E-state index in [1.54, 1.807) is 18.2 Å². The molecule has 0 radical (unpaired) electrons. The third kappa shape index (κ3) is 2.20. The molecule has 1 aromatic heterocycles. The molecule has 0 aliphatic rings. The summed E-state index contributed by atoms with van der Waals surface area (Å²) in [6, 6.07) is 5.19. The zero-order chi connectivity index (χ0) is 13.3. The van der Waals surface area contributed by atoms with Gasteiger partial charge in [-0.25, -0.2) is 0 Å². The van der Waals surface area contributed by atoms with E-state index < -0.39 is 0 Å². The molecule has 5 nitrogen and oxygen atoms in total. The second-order valence-corrected chi connectivity index (χ2v) is 4.35. The maximum Gasteiger partial charge on any atom is 0.256 e. The molecule has 2 rings (SSSR count). The molecule has 4 N–H and O–H groups in total. The van der Waals surface area contributed by atoms with Gasteiger partial charge in [-0.1, -0.05) is 0 Å². The minimum Gasteiger partial charge on any atom is -0.399 e. The maximum atomic E-state index is 12.0. The van der Waals surface area contributed by atoms with Crippen molar-refractivity contribution in [3.05, 3.63) is 40.6 Å².